The quantitative estimate of drug-likeness (QED) is 0.399. The van der Waals surface area contributed by atoms with Crippen LogP contribution in [0.25, 0.3) is 5.69 Å². The number of fused-ring (bicyclic) bond motifs is 3. The number of halogens is 2. The fraction of sp³-hybridized carbons (Fsp3) is 0.148. The van der Waals surface area contributed by atoms with Gasteiger partial charge in [-0.3, -0.25) is 0 Å². The van der Waals surface area contributed by atoms with Crippen molar-refractivity contribution in [2.24, 2.45) is 0 Å². The molecular weight excluding hydrogens is 452 g/mol. The number of nitrogens with zero attached hydrogens (tertiary/aromatic N) is 2. The monoisotopic (exact) mass is 475 g/mol. The Morgan fingerprint density at radius 1 is 0.943 bits per heavy atom. The van der Waals surface area contributed by atoms with E-state index in [9.17, 15) is 13.6 Å². The minimum absolute atomic E-state index is 0.102. The van der Waals surface area contributed by atoms with Gasteiger partial charge in [-0.1, -0.05) is 24.3 Å². The molecule has 3 aromatic carbocycles. The molecule has 2 heterocycles. The summed E-state index contributed by atoms with van der Waals surface area (Å²) < 4.78 is 40.7. The van der Waals surface area contributed by atoms with Crippen molar-refractivity contribution in [3.8, 4) is 17.2 Å². The second-order valence-electron chi connectivity index (χ2n) is 8.13. The van der Waals surface area contributed by atoms with Crippen LogP contribution < -0.4 is 14.8 Å². The summed E-state index contributed by atoms with van der Waals surface area (Å²) in [5.41, 5.74) is 3.39. The molecule has 6 nitrogen and oxygen atoms in total. The molecule has 0 fully saturated rings. The number of carbonyl (C=O) groups is 1. The molecule has 5 rings (SSSR count). The van der Waals surface area contributed by atoms with Gasteiger partial charge in [0.1, 0.15) is 11.6 Å². The number of rotatable bonds is 4. The number of para-hydroxylation sites is 1. The summed E-state index contributed by atoms with van der Waals surface area (Å²) in [5, 5.41) is 2.62. The number of nitrogens with one attached hydrogen (secondary N) is 1. The predicted molar refractivity (Wildman–Crippen MR) is 128 cm³/mol. The molecule has 1 N–H and O–H groups in total. The topological polar surface area (TPSA) is 55.7 Å². The van der Waals surface area contributed by atoms with Crippen molar-refractivity contribution < 1.29 is 23.0 Å². The summed E-state index contributed by atoms with van der Waals surface area (Å²) in [7, 11) is 3.11. The van der Waals surface area contributed by atoms with Crippen molar-refractivity contribution >= 4 is 11.7 Å². The molecule has 0 saturated heterocycles. The highest BCUT2D eigenvalue weighted by molar-refractivity contribution is 5.90. The number of hydrogen-bond acceptors (Lipinski definition) is 3. The van der Waals surface area contributed by atoms with Crippen molar-refractivity contribution in [1.29, 1.82) is 0 Å². The molecule has 0 aliphatic carbocycles. The van der Waals surface area contributed by atoms with E-state index in [0.29, 0.717) is 11.5 Å². The molecule has 0 radical (unpaired) electrons. The standard InChI is InChI=1S/C27H23F2N3O3/c1-34-24-12-9-17(14-25(24)35-2)26-23-8-5-13-31(23)22-7-4-3-6-18(22)16-32(26)27(33)30-21-11-10-19(28)15-20(21)29/h3-15,26H,16H2,1-2H3,(H,30,33)/t26-/m1/s1. The molecule has 0 unspecified atom stereocenters. The SMILES string of the molecule is COc1ccc([C@@H]2c3cccn3-c3ccccc3CN2C(=O)Nc2ccc(F)cc2F)cc1OC. The first-order valence-electron chi connectivity index (χ1n) is 11.0. The van der Waals surface area contributed by atoms with Crippen LogP contribution in [0.3, 0.4) is 0 Å². The molecule has 1 aromatic heterocycles. The fourth-order valence-corrected chi connectivity index (χ4v) is 4.49. The van der Waals surface area contributed by atoms with Crippen molar-refractivity contribution in [2.75, 3.05) is 19.5 Å². The number of anilines is 1. The largest absolute Gasteiger partial charge is 0.493 e. The third-order valence-corrected chi connectivity index (χ3v) is 6.12. The zero-order valence-corrected chi connectivity index (χ0v) is 19.2. The molecular formula is C27H23F2N3O3. The number of ether oxygens (including phenoxy) is 2. The second kappa shape index (κ2) is 9.13. The van der Waals surface area contributed by atoms with Gasteiger partial charge in [0.2, 0.25) is 0 Å². The van der Waals surface area contributed by atoms with Crippen LogP contribution in [-0.4, -0.2) is 29.7 Å². The number of benzene rings is 3. The summed E-state index contributed by atoms with van der Waals surface area (Å²) in [4.78, 5) is 15.3. The minimum Gasteiger partial charge on any atom is -0.493 e. The lowest BCUT2D eigenvalue weighted by molar-refractivity contribution is 0.194. The third-order valence-electron chi connectivity index (χ3n) is 6.12. The van der Waals surface area contributed by atoms with Crippen molar-refractivity contribution in [2.45, 2.75) is 12.6 Å². The minimum atomic E-state index is -0.848. The van der Waals surface area contributed by atoms with Crippen LogP contribution in [-0.2, 0) is 6.54 Å². The van der Waals surface area contributed by atoms with Crippen LogP contribution in [0.2, 0.25) is 0 Å². The molecule has 1 aliphatic heterocycles. The Hall–Kier alpha value is -4.33. The van der Waals surface area contributed by atoms with Gasteiger partial charge in [-0.2, -0.15) is 0 Å². The van der Waals surface area contributed by atoms with E-state index >= 15 is 0 Å². The van der Waals surface area contributed by atoms with Gasteiger partial charge in [-0.15, -0.1) is 0 Å². The first kappa shape index (κ1) is 22.5. The number of carbonyl (C=O) groups excluding carboxylic acids is 1. The van der Waals surface area contributed by atoms with E-state index in [2.05, 4.69) is 5.32 Å². The third kappa shape index (κ3) is 4.07. The zero-order valence-electron chi connectivity index (χ0n) is 19.2. The average molecular weight is 475 g/mol. The van der Waals surface area contributed by atoms with Gasteiger partial charge >= 0.3 is 6.03 Å². The van der Waals surface area contributed by atoms with Gasteiger partial charge in [-0.25, -0.2) is 13.6 Å². The smallest absolute Gasteiger partial charge is 0.323 e. The highest BCUT2D eigenvalue weighted by Crippen LogP contribution is 2.40. The van der Waals surface area contributed by atoms with Crippen LogP contribution >= 0.6 is 0 Å². The molecule has 35 heavy (non-hydrogen) atoms. The lowest BCUT2D eigenvalue weighted by Gasteiger charge is -2.31. The Morgan fingerprint density at radius 3 is 2.51 bits per heavy atom. The van der Waals surface area contributed by atoms with E-state index in [0.717, 1.165) is 34.6 Å². The first-order valence-corrected chi connectivity index (χ1v) is 11.0. The molecule has 0 spiro atoms. The summed E-state index contributed by atoms with van der Waals surface area (Å²) in [6.07, 6.45) is 1.95. The Labute approximate surface area is 201 Å². The van der Waals surface area contributed by atoms with Crippen LogP contribution in [0.1, 0.15) is 22.9 Å². The molecule has 1 atom stereocenters. The van der Waals surface area contributed by atoms with E-state index in [-0.39, 0.29) is 12.2 Å². The summed E-state index contributed by atoms with van der Waals surface area (Å²) >= 11 is 0. The Kier molecular flexibility index (Phi) is 5.86. The van der Waals surface area contributed by atoms with Gasteiger partial charge in [0, 0.05) is 18.0 Å². The zero-order chi connectivity index (χ0) is 24.5. The number of aromatic nitrogens is 1. The molecule has 4 aromatic rings. The lowest BCUT2D eigenvalue weighted by Crippen LogP contribution is -2.38. The highest BCUT2D eigenvalue weighted by atomic mass is 19.1. The Bertz CT molecular complexity index is 1400. The summed E-state index contributed by atoms with van der Waals surface area (Å²) in [5.74, 6) is -0.479. The Balaban J connectivity index is 1.65. The normalized spacial score (nSPS) is 14.5. The van der Waals surface area contributed by atoms with E-state index < -0.39 is 23.7 Å². The van der Waals surface area contributed by atoms with Gasteiger partial charge in [0.05, 0.1) is 38.2 Å². The van der Waals surface area contributed by atoms with E-state index in [4.69, 9.17) is 9.47 Å². The van der Waals surface area contributed by atoms with E-state index in [1.165, 1.54) is 6.07 Å². The van der Waals surface area contributed by atoms with Gasteiger partial charge in [-0.05, 0) is 53.6 Å². The van der Waals surface area contributed by atoms with Crippen LogP contribution in [0.5, 0.6) is 11.5 Å². The maximum atomic E-state index is 14.4. The predicted octanol–water partition coefficient (Wildman–Crippen LogP) is 5.91. The van der Waals surface area contributed by atoms with E-state index in [1.807, 2.05) is 59.3 Å². The molecule has 2 amide bonds. The van der Waals surface area contributed by atoms with Crippen LogP contribution in [0, 0.1) is 11.6 Å². The number of amides is 2. The number of hydrogen-bond donors (Lipinski definition) is 1. The molecule has 8 heteroatoms. The van der Waals surface area contributed by atoms with Gasteiger partial charge < -0.3 is 24.3 Å². The maximum absolute atomic E-state index is 14.4. The average Bonchev–Trinajstić information content (AvgIpc) is 3.29. The van der Waals surface area contributed by atoms with Crippen LogP contribution in [0.15, 0.2) is 79.0 Å². The fourth-order valence-electron chi connectivity index (χ4n) is 4.49. The van der Waals surface area contributed by atoms with Gasteiger partial charge in [0.25, 0.3) is 0 Å². The highest BCUT2D eigenvalue weighted by Gasteiger charge is 2.33. The van der Waals surface area contributed by atoms with Crippen LogP contribution in [0.4, 0.5) is 19.3 Å². The number of methoxy groups -OCH3 is 2. The molecule has 0 bridgehead atoms. The number of urea groups is 1. The first-order chi connectivity index (χ1) is 17.0. The van der Waals surface area contributed by atoms with Crippen molar-refractivity contribution in [3.05, 3.63) is 107 Å². The van der Waals surface area contributed by atoms with E-state index in [1.54, 1.807) is 25.2 Å². The van der Waals surface area contributed by atoms with Crippen molar-refractivity contribution in [1.82, 2.24) is 9.47 Å². The summed E-state index contributed by atoms with van der Waals surface area (Å²) in [6.45, 7) is 0.255. The maximum Gasteiger partial charge on any atom is 0.323 e. The lowest BCUT2D eigenvalue weighted by atomic mass is 10.0. The second-order valence-corrected chi connectivity index (χ2v) is 8.13. The Morgan fingerprint density at radius 2 is 1.74 bits per heavy atom. The molecule has 178 valence electrons. The van der Waals surface area contributed by atoms with Crippen molar-refractivity contribution in [3.63, 3.8) is 0 Å². The van der Waals surface area contributed by atoms with Gasteiger partial charge in [0.15, 0.2) is 11.5 Å². The molecule has 0 saturated carbocycles. The summed E-state index contributed by atoms with van der Waals surface area (Å²) in [6, 6.07) is 19.1. The molecule has 1 aliphatic rings.